The fraction of sp³-hybridized carbons (Fsp3) is 0.900. The van der Waals surface area contributed by atoms with Gasteiger partial charge in [0.15, 0.2) is 0 Å². The Bertz CT molecular complexity index is 223. The molecular formula is C10H19N3O. The largest absolute Gasteiger partial charge is 0.328 e. The van der Waals surface area contributed by atoms with E-state index in [1.165, 1.54) is 0 Å². The van der Waals surface area contributed by atoms with Crippen LogP contribution in [-0.4, -0.2) is 48.1 Å². The summed E-state index contributed by atoms with van der Waals surface area (Å²) in [6.45, 7) is 1.77. The van der Waals surface area contributed by atoms with Gasteiger partial charge in [-0.05, 0) is 25.7 Å². The number of carbonyl (C=O) groups is 1. The van der Waals surface area contributed by atoms with E-state index < -0.39 is 0 Å². The van der Waals surface area contributed by atoms with Crippen LogP contribution in [0, 0.1) is 0 Å². The number of rotatable bonds is 1. The summed E-state index contributed by atoms with van der Waals surface area (Å²) in [5, 5.41) is 0. The Morgan fingerprint density at radius 2 is 1.86 bits per heavy atom. The van der Waals surface area contributed by atoms with E-state index >= 15 is 0 Å². The average Bonchev–Trinajstić information content (AvgIpc) is 2.50. The van der Waals surface area contributed by atoms with E-state index in [2.05, 4.69) is 0 Å². The molecule has 2 amide bonds. The molecule has 0 unspecified atom stereocenters. The third kappa shape index (κ3) is 1.71. The SMILES string of the molecule is CN1CCN(C2CCC(N)CC2)C1=O. The van der Waals surface area contributed by atoms with Gasteiger partial charge >= 0.3 is 6.03 Å². The average molecular weight is 197 g/mol. The minimum atomic E-state index is 0.200. The molecule has 0 radical (unpaired) electrons. The van der Waals surface area contributed by atoms with Crippen molar-refractivity contribution in [2.75, 3.05) is 20.1 Å². The van der Waals surface area contributed by atoms with Gasteiger partial charge in [0.1, 0.15) is 0 Å². The predicted molar refractivity (Wildman–Crippen MR) is 55.0 cm³/mol. The lowest BCUT2D eigenvalue weighted by atomic mass is 9.91. The molecule has 1 aliphatic heterocycles. The van der Waals surface area contributed by atoms with E-state index in [1.54, 1.807) is 4.90 Å². The molecule has 0 spiro atoms. The van der Waals surface area contributed by atoms with Crippen molar-refractivity contribution < 1.29 is 4.79 Å². The fourth-order valence-electron chi connectivity index (χ4n) is 2.42. The highest BCUT2D eigenvalue weighted by molar-refractivity contribution is 5.76. The third-order valence-electron chi connectivity index (χ3n) is 3.43. The minimum absolute atomic E-state index is 0.200. The number of nitrogens with two attached hydrogens (primary N) is 1. The van der Waals surface area contributed by atoms with Crippen molar-refractivity contribution in [3.63, 3.8) is 0 Å². The maximum Gasteiger partial charge on any atom is 0.320 e. The second kappa shape index (κ2) is 3.77. The van der Waals surface area contributed by atoms with Crippen LogP contribution in [0.1, 0.15) is 25.7 Å². The van der Waals surface area contributed by atoms with Gasteiger partial charge in [-0.15, -0.1) is 0 Å². The Hall–Kier alpha value is -0.770. The van der Waals surface area contributed by atoms with E-state index in [9.17, 15) is 4.79 Å². The summed E-state index contributed by atoms with van der Waals surface area (Å²) in [6.07, 6.45) is 4.30. The van der Waals surface area contributed by atoms with Crippen molar-refractivity contribution in [1.82, 2.24) is 9.80 Å². The van der Waals surface area contributed by atoms with Crippen LogP contribution in [-0.2, 0) is 0 Å². The Morgan fingerprint density at radius 1 is 1.21 bits per heavy atom. The van der Waals surface area contributed by atoms with E-state index in [4.69, 9.17) is 5.73 Å². The van der Waals surface area contributed by atoms with Crippen LogP contribution in [0.25, 0.3) is 0 Å². The Kier molecular flexibility index (Phi) is 2.63. The molecule has 2 aliphatic rings. The van der Waals surface area contributed by atoms with Gasteiger partial charge < -0.3 is 15.5 Å². The van der Waals surface area contributed by atoms with Crippen molar-refractivity contribution in [2.24, 2.45) is 5.73 Å². The lowest BCUT2D eigenvalue weighted by Crippen LogP contribution is -2.42. The standard InChI is InChI=1S/C10H19N3O/c1-12-6-7-13(10(12)14)9-4-2-8(11)3-5-9/h8-9H,2-7,11H2,1H3. The van der Waals surface area contributed by atoms with Crippen LogP contribution in [0.15, 0.2) is 0 Å². The van der Waals surface area contributed by atoms with Crippen LogP contribution in [0.4, 0.5) is 4.79 Å². The minimum Gasteiger partial charge on any atom is -0.328 e. The zero-order valence-electron chi connectivity index (χ0n) is 8.78. The first-order valence-corrected chi connectivity index (χ1v) is 5.46. The molecule has 2 fully saturated rings. The molecule has 2 rings (SSSR count). The first-order chi connectivity index (χ1) is 6.68. The van der Waals surface area contributed by atoms with E-state index in [0.717, 1.165) is 38.8 Å². The topological polar surface area (TPSA) is 49.6 Å². The molecule has 0 atom stereocenters. The van der Waals surface area contributed by atoms with Gasteiger partial charge in [0.2, 0.25) is 0 Å². The van der Waals surface area contributed by atoms with Crippen LogP contribution in [0.3, 0.4) is 0 Å². The van der Waals surface area contributed by atoms with Gasteiger partial charge in [0, 0.05) is 32.2 Å². The van der Waals surface area contributed by atoms with Crippen LogP contribution in [0.2, 0.25) is 0 Å². The molecule has 14 heavy (non-hydrogen) atoms. The summed E-state index contributed by atoms with van der Waals surface area (Å²) in [5.74, 6) is 0. The highest BCUT2D eigenvalue weighted by Crippen LogP contribution is 2.24. The zero-order chi connectivity index (χ0) is 10.1. The first kappa shape index (κ1) is 9.77. The molecule has 0 aromatic heterocycles. The van der Waals surface area contributed by atoms with E-state index in [0.29, 0.717) is 12.1 Å². The molecule has 1 heterocycles. The molecular weight excluding hydrogens is 178 g/mol. The van der Waals surface area contributed by atoms with Crippen molar-refractivity contribution in [1.29, 1.82) is 0 Å². The smallest absolute Gasteiger partial charge is 0.320 e. The Morgan fingerprint density at radius 3 is 2.36 bits per heavy atom. The highest BCUT2D eigenvalue weighted by Gasteiger charge is 2.33. The second-order valence-electron chi connectivity index (χ2n) is 4.47. The zero-order valence-corrected chi connectivity index (χ0v) is 8.78. The molecule has 1 saturated heterocycles. The maximum absolute atomic E-state index is 11.7. The lowest BCUT2D eigenvalue weighted by molar-refractivity contribution is 0.164. The summed E-state index contributed by atoms with van der Waals surface area (Å²) < 4.78 is 0. The second-order valence-corrected chi connectivity index (χ2v) is 4.47. The van der Waals surface area contributed by atoms with Crippen molar-refractivity contribution in [3.8, 4) is 0 Å². The monoisotopic (exact) mass is 197 g/mol. The Balaban J connectivity index is 1.93. The molecule has 80 valence electrons. The number of carbonyl (C=O) groups excluding carboxylic acids is 1. The first-order valence-electron chi connectivity index (χ1n) is 5.46. The number of hydrogen-bond donors (Lipinski definition) is 1. The molecule has 4 nitrogen and oxygen atoms in total. The predicted octanol–water partition coefficient (Wildman–Crippen LogP) is 0.624. The normalized spacial score (nSPS) is 34.0. The fourth-order valence-corrected chi connectivity index (χ4v) is 2.42. The van der Waals surface area contributed by atoms with Crippen LogP contribution < -0.4 is 5.73 Å². The van der Waals surface area contributed by atoms with Crippen molar-refractivity contribution in [3.05, 3.63) is 0 Å². The van der Waals surface area contributed by atoms with Gasteiger partial charge in [0.05, 0.1) is 0 Å². The van der Waals surface area contributed by atoms with E-state index in [-0.39, 0.29) is 6.03 Å². The third-order valence-corrected chi connectivity index (χ3v) is 3.43. The Labute approximate surface area is 85.0 Å². The van der Waals surface area contributed by atoms with Crippen LogP contribution >= 0.6 is 0 Å². The lowest BCUT2D eigenvalue weighted by Gasteiger charge is -2.32. The molecule has 2 N–H and O–H groups in total. The molecule has 0 bridgehead atoms. The van der Waals surface area contributed by atoms with E-state index in [1.807, 2.05) is 11.9 Å². The molecule has 0 aromatic rings. The molecule has 1 aliphatic carbocycles. The molecule has 4 heteroatoms. The summed E-state index contributed by atoms with van der Waals surface area (Å²) >= 11 is 0. The van der Waals surface area contributed by atoms with Gasteiger partial charge in [-0.25, -0.2) is 4.79 Å². The van der Waals surface area contributed by atoms with Gasteiger partial charge in [-0.1, -0.05) is 0 Å². The summed E-state index contributed by atoms with van der Waals surface area (Å²) in [6, 6.07) is 1.01. The number of nitrogens with zero attached hydrogens (tertiary/aromatic N) is 2. The molecule has 0 aromatic carbocycles. The number of amides is 2. The highest BCUT2D eigenvalue weighted by atomic mass is 16.2. The quantitative estimate of drug-likeness (QED) is 0.670. The van der Waals surface area contributed by atoms with Crippen molar-refractivity contribution in [2.45, 2.75) is 37.8 Å². The molecule has 1 saturated carbocycles. The summed E-state index contributed by atoms with van der Waals surface area (Å²) in [4.78, 5) is 15.5. The number of urea groups is 1. The maximum atomic E-state index is 11.7. The van der Waals surface area contributed by atoms with Gasteiger partial charge in [-0.2, -0.15) is 0 Å². The number of hydrogen-bond acceptors (Lipinski definition) is 2. The summed E-state index contributed by atoms with van der Waals surface area (Å²) in [5.41, 5.74) is 5.84. The van der Waals surface area contributed by atoms with Crippen molar-refractivity contribution >= 4 is 6.03 Å². The summed E-state index contributed by atoms with van der Waals surface area (Å²) in [7, 11) is 1.87. The van der Waals surface area contributed by atoms with Gasteiger partial charge in [0.25, 0.3) is 0 Å². The number of likely N-dealkylation sites (N-methyl/N-ethyl adjacent to an activating group) is 1. The van der Waals surface area contributed by atoms with Crippen LogP contribution in [0.5, 0.6) is 0 Å². The van der Waals surface area contributed by atoms with Gasteiger partial charge in [-0.3, -0.25) is 0 Å².